The summed E-state index contributed by atoms with van der Waals surface area (Å²) in [5.41, 5.74) is 2.52. The van der Waals surface area contributed by atoms with Gasteiger partial charge in [-0.1, -0.05) is 39.0 Å². The highest BCUT2D eigenvalue weighted by atomic mass is 19.1. The molecule has 1 aromatic heterocycles. The Morgan fingerprint density at radius 3 is 2.45 bits per heavy atom. The number of halogens is 1. The quantitative estimate of drug-likeness (QED) is 0.735. The van der Waals surface area contributed by atoms with E-state index < -0.39 is 0 Å². The van der Waals surface area contributed by atoms with E-state index in [0.29, 0.717) is 31.5 Å². The topological polar surface area (TPSA) is 49.3 Å². The maximum absolute atomic E-state index is 14.3. The molecule has 0 aliphatic carbocycles. The van der Waals surface area contributed by atoms with Gasteiger partial charge in [0, 0.05) is 56.2 Å². The lowest BCUT2D eigenvalue weighted by Gasteiger charge is -2.36. The largest absolute Gasteiger partial charge is 0.353 e. The number of amides is 1. The molecule has 0 saturated carbocycles. The number of carbonyl (C=O) groups excluding carboxylic acids is 1. The van der Waals surface area contributed by atoms with Crippen molar-refractivity contribution in [1.82, 2.24) is 14.9 Å². The van der Waals surface area contributed by atoms with E-state index in [0.717, 1.165) is 42.4 Å². The number of aromatic nitrogens is 2. The van der Waals surface area contributed by atoms with E-state index in [1.807, 2.05) is 30.9 Å². The number of anilines is 1. The number of aryl methyl sites for hydroxylation is 1. The van der Waals surface area contributed by atoms with E-state index in [2.05, 4.69) is 18.7 Å². The highest BCUT2D eigenvalue weighted by Gasteiger charge is 2.25. The van der Waals surface area contributed by atoms with Crippen molar-refractivity contribution in [3.05, 3.63) is 52.7 Å². The van der Waals surface area contributed by atoms with Gasteiger partial charge in [-0.3, -0.25) is 4.79 Å². The fourth-order valence-corrected chi connectivity index (χ4v) is 3.70. The van der Waals surface area contributed by atoms with Crippen molar-refractivity contribution in [3.63, 3.8) is 0 Å². The fraction of sp³-hybridized carbons (Fsp3) is 0.522. The SMILES string of the molecule is CCC(=O)N1CCN(c2nc(C(C)CC)nc(C)c2Cc2ccccc2F)CC1. The summed E-state index contributed by atoms with van der Waals surface area (Å²) in [7, 11) is 0. The van der Waals surface area contributed by atoms with Gasteiger partial charge in [-0.15, -0.1) is 0 Å². The summed E-state index contributed by atoms with van der Waals surface area (Å²) in [6.07, 6.45) is 1.95. The van der Waals surface area contributed by atoms with Gasteiger partial charge in [0.2, 0.25) is 5.91 Å². The molecule has 2 aromatic rings. The van der Waals surface area contributed by atoms with Gasteiger partial charge in [0.05, 0.1) is 0 Å². The Bertz CT molecular complexity index is 862. The highest BCUT2D eigenvalue weighted by molar-refractivity contribution is 5.76. The molecule has 1 fully saturated rings. The smallest absolute Gasteiger partial charge is 0.222 e. The zero-order valence-corrected chi connectivity index (χ0v) is 17.9. The molecule has 1 unspecified atom stereocenters. The molecule has 3 rings (SSSR count). The monoisotopic (exact) mass is 398 g/mol. The third-order valence-corrected chi connectivity index (χ3v) is 5.82. The maximum atomic E-state index is 14.3. The van der Waals surface area contributed by atoms with E-state index >= 15 is 0 Å². The highest BCUT2D eigenvalue weighted by Crippen LogP contribution is 2.28. The zero-order chi connectivity index (χ0) is 21.0. The average Bonchev–Trinajstić information content (AvgIpc) is 2.75. The van der Waals surface area contributed by atoms with Gasteiger partial charge < -0.3 is 9.80 Å². The molecule has 6 heteroatoms. The van der Waals surface area contributed by atoms with Crippen molar-refractivity contribution in [2.24, 2.45) is 0 Å². The Labute approximate surface area is 173 Å². The lowest BCUT2D eigenvalue weighted by molar-refractivity contribution is -0.131. The molecule has 0 N–H and O–H groups in total. The first-order valence-corrected chi connectivity index (χ1v) is 10.6. The number of rotatable bonds is 6. The molecule has 1 atom stereocenters. The molecular formula is C23H31FN4O. The van der Waals surface area contributed by atoms with Crippen molar-refractivity contribution < 1.29 is 9.18 Å². The lowest BCUT2D eigenvalue weighted by Crippen LogP contribution is -2.49. The average molecular weight is 399 g/mol. The van der Waals surface area contributed by atoms with Crippen LogP contribution in [0.4, 0.5) is 10.2 Å². The van der Waals surface area contributed by atoms with Gasteiger partial charge in [0.15, 0.2) is 0 Å². The molecule has 1 amide bonds. The molecule has 156 valence electrons. The second-order valence-electron chi connectivity index (χ2n) is 7.77. The Morgan fingerprint density at radius 1 is 1.14 bits per heavy atom. The standard InChI is InChI=1S/C23H31FN4O/c1-5-16(3)22-25-17(4)19(15-18-9-7-8-10-20(18)24)23(26-22)28-13-11-27(12-14-28)21(29)6-2/h7-10,16H,5-6,11-15H2,1-4H3. The van der Waals surface area contributed by atoms with Crippen LogP contribution >= 0.6 is 0 Å². The van der Waals surface area contributed by atoms with Crippen LogP contribution in [0.5, 0.6) is 0 Å². The number of nitrogens with zero attached hydrogens (tertiary/aromatic N) is 4. The molecule has 29 heavy (non-hydrogen) atoms. The van der Waals surface area contributed by atoms with Crippen LogP contribution in [0.1, 0.15) is 62.2 Å². The lowest BCUT2D eigenvalue weighted by atomic mass is 10.0. The summed E-state index contributed by atoms with van der Waals surface area (Å²) in [6.45, 7) is 11.0. The Hall–Kier alpha value is -2.50. The second kappa shape index (κ2) is 9.33. The maximum Gasteiger partial charge on any atom is 0.222 e. The first kappa shape index (κ1) is 21.2. The molecule has 0 bridgehead atoms. The molecule has 1 aliphatic heterocycles. The molecule has 0 radical (unpaired) electrons. The fourth-order valence-electron chi connectivity index (χ4n) is 3.70. The van der Waals surface area contributed by atoms with Gasteiger partial charge in [0.1, 0.15) is 17.5 Å². The van der Waals surface area contributed by atoms with Crippen LogP contribution in [0.3, 0.4) is 0 Å². The van der Waals surface area contributed by atoms with E-state index in [1.54, 1.807) is 6.07 Å². The summed E-state index contributed by atoms with van der Waals surface area (Å²) >= 11 is 0. The minimum absolute atomic E-state index is 0.190. The number of hydrogen-bond donors (Lipinski definition) is 0. The molecule has 1 saturated heterocycles. The Morgan fingerprint density at radius 2 is 1.83 bits per heavy atom. The minimum Gasteiger partial charge on any atom is -0.353 e. The molecule has 1 aromatic carbocycles. The number of hydrogen-bond acceptors (Lipinski definition) is 4. The molecule has 5 nitrogen and oxygen atoms in total. The van der Waals surface area contributed by atoms with Crippen LogP contribution in [-0.4, -0.2) is 47.0 Å². The first-order chi connectivity index (χ1) is 13.9. The van der Waals surface area contributed by atoms with E-state index in [4.69, 9.17) is 9.97 Å². The van der Waals surface area contributed by atoms with Gasteiger partial charge >= 0.3 is 0 Å². The van der Waals surface area contributed by atoms with Crippen LogP contribution in [0, 0.1) is 12.7 Å². The number of piperazine rings is 1. The van der Waals surface area contributed by atoms with Gasteiger partial charge in [-0.05, 0) is 25.0 Å². The zero-order valence-electron chi connectivity index (χ0n) is 17.9. The van der Waals surface area contributed by atoms with Crippen molar-refractivity contribution in [2.75, 3.05) is 31.1 Å². The van der Waals surface area contributed by atoms with E-state index in [-0.39, 0.29) is 17.6 Å². The summed E-state index contributed by atoms with van der Waals surface area (Å²) in [5, 5.41) is 0. The third kappa shape index (κ3) is 4.74. The second-order valence-corrected chi connectivity index (χ2v) is 7.77. The Balaban J connectivity index is 1.95. The Kier molecular flexibility index (Phi) is 6.83. The predicted octanol–water partition coefficient (Wildman–Crippen LogP) is 4.09. The van der Waals surface area contributed by atoms with Gasteiger partial charge in [-0.2, -0.15) is 0 Å². The summed E-state index contributed by atoms with van der Waals surface area (Å²) in [6, 6.07) is 6.88. The number of carbonyl (C=O) groups is 1. The first-order valence-electron chi connectivity index (χ1n) is 10.6. The molecule has 1 aliphatic rings. The minimum atomic E-state index is -0.206. The summed E-state index contributed by atoms with van der Waals surface area (Å²) in [5.74, 6) is 1.97. The number of benzene rings is 1. The third-order valence-electron chi connectivity index (χ3n) is 5.82. The van der Waals surface area contributed by atoms with Crippen LogP contribution in [0.25, 0.3) is 0 Å². The predicted molar refractivity (Wildman–Crippen MR) is 114 cm³/mol. The van der Waals surface area contributed by atoms with Crippen molar-refractivity contribution in [2.45, 2.75) is 52.9 Å². The van der Waals surface area contributed by atoms with Crippen molar-refractivity contribution in [1.29, 1.82) is 0 Å². The van der Waals surface area contributed by atoms with Crippen LogP contribution < -0.4 is 4.90 Å². The van der Waals surface area contributed by atoms with Crippen molar-refractivity contribution >= 4 is 11.7 Å². The normalized spacial score (nSPS) is 15.5. The van der Waals surface area contributed by atoms with Gasteiger partial charge in [0.25, 0.3) is 0 Å². The van der Waals surface area contributed by atoms with Gasteiger partial charge in [-0.25, -0.2) is 14.4 Å². The van der Waals surface area contributed by atoms with E-state index in [9.17, 15) is 9.18 Å². The van der Waals surface area contributed by atoms with E-state index in [1.165, 1.54) is 6.07 Å². The van der Waals surface area contributed by atoms with Crippen molar-refractivity contribution in [3.8, 4) is 0 Å². The molecule has 2 heterocycles. The molecule has 0 spiro atoms. The van der Waals surface area contributed by atoms with Crippen LogP contribution in [0.2, 0.25) is 0 Å². The summed E-state index contributed by atoms with van der Waals surface area (Å²) < 4.78 is 14.3. The molecular weight excluding hydrogens is 367 g/mol. The van der Waals surface area contributed by atoms with Crippen LogP contribution in [-0.2, 0) is 11.2 Å². The summed E-state index contributed by atoms with van der Waals surface area (Å²) in [4.78, 5) is 25.9. The van der Waals surface area contributed by atoms with Crippen LogP contribution in [0.15, 0.2) is 24.3 Å².